The van der Waals surface area contributed by atoms with Gasteiger partial charge in [-0.15, -0.1) is 13.2 Å². The Hall–Kier alpha value is -4.91. The summed E-state index contributed by atoms with van der Waals surface area (Å²) >= 11 is 0. The second-order valence-corrected chi connectivity index (χ2v) is 8.20. The minimum absolute atomic E-state index is 0.154. The zero-order chi connectivity index (χ0) is 28.0. The molecule has 0 aliphatic carbocycles. The van der Waals surface area contributed by atoms with E-state index in [-0.39, 0.29) is 17.4 Å². The number of nitrogens with two attached hydrogens (primary N) is 1. The molecule has 1 aromatic heterocycles. The van der Waals surface area contributed by atoms with Crippen LogP contribution in [0, 0.1) is 0 Å². The first-order valence-corrected chi connectivity index (χ1v) is 11.5. The number of halogens is 3. The van der Waals surface area contributed by atoms with Gasteiger partial charge in [0.15, 0.2) is 5.75 Å². The number of likely N-dealkylation sites (N-methyl/N-ethyl adjacent to an activating group) is 1. The van der Waals surface area contributed by atoms with Crippen molar-refractivity contribution >= 4 is 34.4 Å². The molecule has 0 bridgehead atoms. The van der Waals surface area contributed by atoms with Crippen molar-refractivity contribution in [3.05, 3.63) is 84.2 Å². The highest BCUT2D eigenvalue weighted by Gasteiger charge is 2.31. The Morgan fingerprint density at radius 3 is 2.46 bits per heavy atom. The summed E-state index contributed by atoms with van der Waals surface area (Å²) in [5, 5.41) is 9.80. The van der Waals surface area contributed by atoms with E-state index in [2.05, 4.69) is 30.7 Å². The average molecular weight is 541 g/mol. The first kappa shape index (κ1) is 27.1. The zero-order valence-corrected chi connectivity index (χ0v) is 20.5. The second kappa shape index (κ2) is 11.6. The van der Waals surface area contributed by atoms with Gasteiger partial charge < -0.3 is 31.2 Å². The number of para-hydroxylation sites is 1. The van der Waals surface area contributed by atoms with Crippen LogP contribution in [0.15, 0.2) is 73.1 Å². The zero-order valence-electron chi connectivity index (χ0n) is 20.5. The number of amides is 2. The molecular formula is C26H23F3N6O4. The minimum Gasteiger partial charge on any atom is -0.408 e. The quantitative estimate of drug-likeness (QED) is 0.241. The Bertz CT molecular complexity index is 1480. The summed E-state index contributed by atoms with van der Waals surface area (Å²) in [6, 6.07) is 16.4. The highest BCUT2D eigenvalue weighted by atomic mass is 19.4. The number of nitrogens with one attached hydrogen (secondary N) is 3. The molecule has 0 spiro atoms. The lowest BCUT2D eigenvalue weighted by Crippen LogP contribution is -2.24. The van der Waals surface area contributed by atoms with Crippen LogP contribution in [0.2, 0.25) is 0 Å². The van der Waals surface area contributed by atoms with Gasteiger partial charge in [0.1, 0.15) is 23.4 Å². The molecule has 1 unspecified atom stereocenters. The highest BCUT2D eigenvalue weighted by Crippen LogP contribution is 2.30. The number of benzene rings is 3. The van der Waals surface area contributed by atoms with Crippen molar-refractivity contribution in [1.82, 2.24) is 15.3 Å². The molecule has 39 heavy (non-hydrogen) atoms. The number of fused-ring (bicyclic) bond motifs is 1. The van der Waals surface area contributed by atoms with Crippen molar-refractivity contribution in [3.63, 3.8) is 0 Å². The molecule has 0 aliphatic rings. The number of rotatable bonds is 9. The fourth-order valence-electron chi connectivity index (χ4n) is 3.83. The maximum absolute atomic E-state index is 12.7. The first-order chi connectivity index (χ1) is 18.6. The summed E-state index contributed by atoms with van der Waals surface area (Å²) in [6.45, 7) is 0.473. The number of hydrogen-bond acceptors (Lipinski definition) is 8. The third kappa shape index (κ3) is 7.11. The van der Waals surface area contributed by atoms with Gasteiger partial charge in [-0.2, -0.15) is 0 Å². The second-order valence-electron chi connectivity index (χ2n) is 8.20. The van der Waals surface area contributed by atoms with E-state index in [4.69, 9.17) is 10.5 Å². The summed E-state index contributed by atoms with van der Waals surface area (Å²) in [6.07, 6.45) is -4.45. The van der Waals surface area contributed by atoms with Gasteiger partial charge in [-0.05, 0) is 61.1 Å². The van der Waals surface area contributed by atoms with Crippen molar-refractivity contribution in [2.75, 3.05) is 24.2 Å². The van der Waals surface area contributed by atoms with Gasteiger partial charge in [-0.25, -0.2) is 14.8 Å². The standard InChI is InChI=1S/C26H23F3N6O4/c1-31-13-20(35-23-19-6-3-7-21(38-25(30)37)22(19)32-14-33-23)16-4-2-5-17(12-16)34-24(36)15-8-10-18(11-9-15)39-26(27,28)29/h2-12,14,20,31H,13H2,1H3,(H2,30,37)(H,34,36)(H,32,33,35). The molecule has 3 aromatic carbocycles. The smallest absolute Gasteiger partial charge is 0.408 e. The number of ether oxygens (including phenoxy) is 2. The van der Waals surface area contributed by atoms with E-state index in [1.807, 2.05) is 6.07 Å². The van der Waals surface area contributed by atoms with E-state index in [9.17, 15) is 22.8 Å². The number of alkyl halides is 3. The van der Waals surface area contributed by atoms with Crippen LogP contribution in [0.5, 0.6) is 11.5 Å². The van der Waals surface area contributed by atoms with E-state index >= 15 is 0 Å². The monoisotopic (exact) mass is 540 g/mol. The largest absolute Gasteiger partial charge is 0.573 e. The number of carbonyl (C=O) groups is 2. The predicted octanol–water partition coefficient (Wildman–Crippen LogP) is 4.61. The Morgan fingerprint density at radius 1 is 1.03 bits per heavy atom. The Kier molecular flexibility index (Phi) is 8.10. The molecule has 4 rings (SSSR count). The van der Waals surface area contributed by atoms with Crippen LogP contribution in [0.3, 0.4) is 0 Å². The van der Waals surface area contributed by atoms with E-state index in [1.54, 1.807) is 43.4 Å². The molecule has 0 aliphatic heterocycles. The van der Waals surface area contributed by atoms with Crippen LogP contribution in [0.25, 0.3) is 10.9 Å². The molecule has 5 N–H and O–H groups in total. The topological polar surface area (TPSA) is 140 Å². The van der Waals surface area contributed by atoms with Crippen molar-refractivity contribution in [2.24, 2.45) is 5.73 Å². The molecule has 0 fully saturated rings. The molecule has 0 saturated heterocycles. The van der Waals surface area contributed by atoms with Gasteiger partial charge in [-0.1, -0.05) is 18.2 Å². The number of anilines is 2. The summed E-state index contributed by atoms with van der Waals surface area (Å²) in [4.78, 5) is 32.5. The maximum atomic E-state index is 12.7. The summed E-state index contributed by atoms with van der Waals surface area (Å²) in [5.41, 5.74) is 6.98. The highest BCUT2D eigenvalue weighted by molar-refractivity contribution is 6.04. The predicted molar refractivity (Wildman–Crippen MR) is 138 cm³/mol. The summed E-state index contributed by atoms with van der Waals surface area (Å²) in [5.74, 6) is -0.260. The Balaban J connectivity index is 1.54. The first-order valence-electron chi connectivity index (χ1n) is 11.5. The molecule has 10 nitrogen and oxygen atoms in total. The molecule has 1 heterocycles. The summed E-state index contributed by atoms with van der Waals surface area (Å²) < 4.78 is 46.0. The van der Waals surface area contributed by atoms with Crippen LogP contribution >= 0.6 is 0 Å². The molecule has 4 aromatic rings. The van der Waals surface area contributed by atoms with Crippen molar-refractivity contribution in [1.29, 1.82) is 0 Å². The number of aromatic nitrogens is 2. The van der Waals surface area contributed by atoms with Gasteiger partial charge >= 0.3 is 12.5 Å². The third-order valence-corrected chi connectivity index (χ3v) is 5.45. The SMILES string of the molecule is CNCC(Nc1ncnc2c(OC(N)=O)cccc12)c1cccc(NC(=O)c2ccc(OC(F)(F)F)cc2)c1. The fraction of sp³-hybridized carbons (Fsp3) is 0.154. The van der Waals surface area contributed by atoms with Crippen LogP contribution in [-0.2, 0) is 0 Å². The van der Waals surface area contributed by atoms with E-state index < -0.39 is 24.1 Å². The lowest BCUT2D eigenvalue weighted by atomic mass is 10.1. The minimum atomic E-state index is -4.82. The lowest BCUT2D eigenvalue weighted by Gasteiger charge is -2.21. The number of carbonyl (C=O) groups excluding carboxylic acids is 2. The molecule has 0 radical (unpaired) electrons. The molecule has 202 valence electrons. The van der Waals surface area contributed by atoms with E-state index in [0.717, 1.165) is 17.7 Å². The molecule has 2 amide bonds. The van der Waals surface area contributed by atoms with Crippen LogP contribution in [-0.4, -0.2) is 41.9 Å². The third-order valence-electron chi connectivity index (χ3n) is 5.45. The van der Waals surface area contributed by atoms with Crippen LogP contribution in [0.1, 0.15) is 22.0 Å². The van der Waals surface area contributed by atoms with E-state index in [1.165, 1.54) is 18.5 Å². The summed E-state index contributed by atoms with van der Waals surface area (Å²) in [7, 11) is 1.78. The normalized spacial score (nSPS) is 12.0. The molecular weight excluding hydrogens is 517 g/mol. The Labute approximate surface area is 220 Å². The molecule has 13 heteroatoms. The van der Waals surface area contributed by atoms with Crippen molar-refractivity contribution < 1.29 is 32.2 Å². The van der Waals surface area contributed by atoms with Crippen molar-refractivity contribution in [3.8, 4) is 11.5 Å². The number of hydrogen-bond donors (Lipinski definition) is 4. The van der Waals surface area contributed by atoms with Gasteiger partial charge in [0.25, 0.3) is 5.91 Å². The van der Waals surface area contributed by atoms with Gasteiger partial charge in [0.05, 0.1) is 6.04 Å². The number of nitrogens with zero attached hydrogens (tertiary/aromatic N) is 2. The maximum Gasteiger partial charge on any atom is 0.573 e. The van der Waals surface area contributed by atoms with Crippen molar-refractivity contribution in [2.45, 2.75) is 12.4 Å². The molecule has 1 atom stereocenters. The Morgan fingerprint density at radius 2 is 1.77 bits per heavy atom. The van der Waals surface area contributed by atoms with Gasteiger partial charge in [-0.3, -0.25) is 4.79 Å². The van der Waals surface area contributed by atoms with Gasteiger partial charge in [0, 0.05) is 23.2 Å². The average Bonchev–Trinajstić information content (AvgIpc) is 2.88. The molecule has 0 saturated carbocycles. The van der Waals surface area contributed by atoms with Crippen LogP contribution < -0.4 is 31.2 Å². The van der Waals surface area contributed by atoms with Gasteiger partial charge in [0.2, 0.25) is 0 Å². The van der Waals surface area contributed by atoms with Crippen LogP contribution in [0.4, 0.5) is 29.5 Å². The lowest BCUT2D eigenvalue weighted by molar-refractivity contribution is -0.274. The fourth-order valence-corrected chi connectivity index (χ4v) is 3.83. The number of primary amides is 1. The van der Waals surface area contributed by atoms with E-state index in [0.29, 0.717) is 29.0 Å².